The average molecular weight is 531 g/mol. The zero-order chi connectivity index (χ0) is 27.5. The quantitative estimate of drug-likeness (QED) is 0.507. The molecule has 7 nitrogen and oxygen atoms in total. The van der Waals surface area contributed by atoms with E-state index in [1.807, 2.05) is 0 Å². The number of nitrogens with zero attached hydrogens (tertiary/aromatic N) is 1. The summed E-state index contributed by atoms with van der Waals surface area (Å²) in [6.07, 6.45) is 7.17. The minimum atomic E-state index is -0.645. The molecule has 0 aromatic carbocycles. The summed E-state index contributed by atoms with van der Waals surface area (Å²) in [6, 6.07) is 0. The zero-order valence-corrected chi connectivity index (χ0v) is 24.5. The molecule has 3 saturated carbocycles. The third-order valence-corrected chi connectivity index (χ3v) is 12.4. The fourth-order valence-corrected chi connectivity index (χ4v) is 9.89. The number of hydrogen-bond donors (Lipinski definition) is 1. The Hall–Kier alpha value is -1.47. The molecule has 38 heavy (non-hydrogen) atoms. The van der Waals surface area contributed by atoms with Gasteiger partial charge in [0, 0.05) is 42.9 Å². The number of Topliss-reactive ketones (excluding diaryl/α,β-unsaturated/α-hetero) is 1. The molecule has 0 spiro atoms. The van der Waals surface area contributed by atoms with Crippen LogP contribution in [0.15, 0.2) is 0 Å². The van der Waals surface area contributed by atoms with Gasteiger partial charge in [0.15, 0.2) is 0 Å². The molecule has 0 radical (unpaired) electrons. The summed E-state index contributed by atoms with van der Waals surface area (Å²) in [4.78, 5) is 43.2. The summed E-state index contributed by atoms with van der Waals surface area (Å²) in [5, 5.41) is 2.63. The van der Waals surface area contributed by atoms with Crippen molar-refractivity contribution >= 4 is 17.8 Å². The number of fused-ring (bicyclic) bond motifs is 2. The highest BCUT2D eigenvalue weighted by atomic mass is 16.6. The Morgan fingerprint density at radius 1 is 1.11 bits per heavy atom. The van der Waals surface area contributed by atoms with E-state index in [0.717, 1.165) is 71.0 Å². The van der Waals surface area contributed by atoms with Crippen LogP contribution in [0, 0.1) is 45.8 Å². The van der Waals surface area contributed by atoms with Gasteiger partial charge in [0.1, 0.15) is 11.9 Å². The molecule has 5 rings (SSSR count). The topological polar surface area (TPSA) is 84.9 Å². The highest BCUT2D eigenvalue weighted by Crippen LogP contribution is 2.69. The van der Waals surface area contributed by atoms with Gasteiger partial charge in [-0.15, -0.1) is 0 Å². The lowest BCUT2D eigenvalue weighted by Crippen LogP contribution is -2.63. The Morgan fingerprint density at radius 3 is 2.47 bits per heavy atom. The van der Waals surface area contributed by atoms with Crippen LogP contribution in [-0.4, -0.2) is 61.6 Å². The summed E-state index contributed by atoms with van der Waals surface area (Å²) >= 11 is 0. The van der Waals surface area contributed by atoms with E-state index in [1.54, 1.807) is 7.11 Å². The van der Waals surface area contributed by atoms with E-state index in [0.29, 0.717) is 24.0 Å². The number of ether oxygens (including phenoxy) is 2. The van der Waals surface area contributed by atoms with Crippen molar-refractivity contribution < 1.29 is 23.9 Å². The minimum Gasteiger partial charge on any atom is -0.445 e. The van der Waals surface area contributed by atoms with Crippen LogP contribution in [0.4, 0.5) is 4.79 Å². The van der Waals surface area contributed by atoms with Gasteiger partial charge in [0.25, 0.3) is 0 Å². The highest BCUT2D eigenvalue weighted by Gasteiger charge is 2.68. The van der Waals surface area contributed by atoms with Gasteiger partial charge in [0.2, 0.25) is 5.91 Å². The lowest BCUT2D eigenvalue weighted by atomic mass is 9.43. The van der Waals surface area contributed by atoms with Gasteiger partial charge >= 0.3 is 6.09 Å². The third kappa shape index (κ3) is 4.25. The van der Waals surface area contributed by atoms with Crippen molar-refractivity contribution in [3.05, 3.63) is 0 Å². The number of nitrogens with one attached hydrogen (secondary N) is 1. The minimum absolute atomic E-state index is 0.0388. The van der Waals surface area contributed by atoms with Crippen molar-refractivity contribution in [3.63, 3.8) is 0 Å². The van der Waals surface area contributed by atoms with Crippen LogP contribution in [0.25, 0.3) is 0 Å². The Kier molecular flexibility index (Phi) is 7.52. The van der Waals surface area contributed by atoms with Gasteiger partial charge in [-0.2, -0.15) is 0 Å². The Bertz CT molecular complexity index is 955. The molecule has 2 heterocycles. The number of unbranched alkanes of at least 4 members (excludes halogenated alkanes) is 1. The van der Waals surface area contributed by atoms with E-state index < -0.39 is 17.6 Å². The maximum absolute atomic E-state index is 14.3. The number of ketones is 1. The van der Waals surface area contributed by atoms with Crippen molar-refractivity contribution in [3.8, 4) is 0 Å². The molecule has 5 fully saturated rings. The van der Waals surface area contributed by atoms with E-state index in [4.69, 9.17) is 9.47 Å². The molecule has 2 saturated heterocycles. The summed E-state index contributed by atoms with van der Waals surface area (Å²) in [6.45, 7) is 13.7. The summed E-state index contributed by atoms with van der Waals surface area (Å²) in [5.41, 5.74) is -1.06. The summed E-state index contributed by atoms with van der Waals surface area (Å²) in [5.74, 6) is 0.687. The van der Waals surface area contributed by atoms with Crippen LogP contribution < -0.4 is 5.32 Å². The molecule has 7 heteroatoms. The van der Waals surface area contributed by atoms with Gasteiger partial charge in [-0.3, -0.25) is 14.9 Å². The normalized spacial score (nSPS) is 47.8. The van der Waals surface area contributed by atoms with Crippen molar-refractivity contribution in [1.82, 2.24) is 10.2 Å². The molecule has 0 aromatic rings. The van der Waals surface area contributed by atoms with Crippen molar-refractivity contribution in [1.29, 1.82) is 0 Å². The molecule has 214 valence electrons. The number of methoxy groups -OCH3 is 1. The first kappa shape index (κ1) is 28.1. The van der Waals surface area contributed by atoms with Gasteiger partial charge < -0.3 is 14.4 Å². The maximum atomic E-state index is 14.3. The average Bonchev–Trinajstić information content (AvgIpc) is 3.63. The number of imide groups is 1. The van der Waals surface area contributed by atoms with E-state index in [9.17, 15) is 14.4 Å². The maximum Gasteiger partial charge on any atom is 0.414 e. The SMILES string of the molecule is CCCC[C@]1(C)C[C@@H](OC(=O)NC(=O)[C@H]2CN3CC[C@H]2C3)[C@@]2(C)C3[C@H](OC)CCC3(CC[C@H]2C)[C@@H](C)C1=O. The van der Waals surface area contributed by atoms with Crippen LogP contribution in [0.3, 0.4) is 0 Å². The Balaban J connectivity index is 1.48. The molecule has 2 aliphatic heterocycles. The number of rotatable bonds is 6. The van der Waals surface area contributed by atoms with E-state index in [2.05, 4.69) is 44.8 Å². The molecule has 5 aliphatic rings. The molecule has 1 N–H and O–H groups in total. The number of hydrogen-bond acceptors (Lipinski definition) is 6. The Morgan fingerprint density at radius 2 is 1.84 bits per heavy atom. The molecule has 0 aromatic heterocycles. The predicted molar refractivity (Wildman–Crippen MR) is 145 cm³/mol. The standard InChI is InChI=1S/C31H50N2O5/c1-7-8-12-29(4)16-24(38-28(36)32-27(35)22-18-33-15-11-21(22)17-33)30(5)19(2)9-13-31(20(3)26(29)34)14-10-23(37-6)25(30)31/h19-25H,7-18H2,1-6H3,(H,32,35,36)/t19-,20+,21+,22+,23-,24-,25?,29-,30+,31?/m1/s1. The van der Waals surface area contributed by atoms with E-state index >= 15 is 0 Å². The third-order valence-electron chi connectivity index (χ3n) is 12.4. The number of piperidine rings is 1. The predicted octanol–water partition coefficient (Wildman–Crippen LogP) is 5.21. The van der Waals surface area contributed by atoms with Gasteiger partial charge in [0.05, 0.1) is 12.0 Å². The molecule has 4 bridgehead atoms. The van der Waals surface area contributed by atoms with Crippen LogP contribution in [0.5, 0.6) is 0 Å². The van der Waals surface area contributed by atoms with E-state index in [-0.39, 0.29) is 40.6 Å². The fourth-order valence-electron chi connectivity index (χ4n) is 9.89. The zero-order valence-electron chi connectivity index (χ0n) is 24.5. The number of amides is 2. The largest absolute Gasteiger partial charge is 0.445 e. The van der Waals surface area contributed by atoms with Crippen molar-refractivity contribution in [2.45, 2.75) is 105 Å². The molecule has 3 aliphatic carbocycles. The second-order valence-corrected chi connectivity index (χ2v) is 14.1. The molecular weight excluding hydrogens is 480 g/mol. The first-order chi connectivity index (χ1) is 18.0. The fraction of sp³-hybridized carbons (Fsp3) is 0.903. The number of carbonyl (C=O) groups is 3. The number of alkyl carbamates (subject to hydrolysis) is 1. The smallest absolute Gasteiger partial charge is 0.414 e. The second kappa shape index (κ2) is 10.2. The lowest BCUT2D eigenvalue weighted by Gasteiger charge is -2.61. The van der Waals surface area contributed by atoms with Crippen LogP contribution >= 0.6 is 0 Å². The van der Waals surface area contributed by atoms with Gasteiger partial charge in [-0.1, -0.05) is 47.5 Å². The van der Waals surface area contributed by atoms with Crippen LogP contribution in [0.2, 0.25) is 0 Å². The van der Waals surface area contributed by atoms with Crippen molar-refractivity contribution in [2.75, 3.05) is 26.7 Å². The summed E-state index contributed by atoms with van der Waals surface area (Å²) in [7, 11) is 1.79. The van der Waals surface area contributed by atoms with E-state index in [1.165, 1.54) is 0 Å². The molecular formula is C31H50N2O5. The second-order valence-electron chi connectivity index (χ2n) is 14.1. The first-order valence-corrected chi connectivity index (χ1v) is 15.3. The molecule has 2 amide bonds. The van der Waals surface area contributed by atoms with Gasteiger partial charge in [-0.25, -0.2) is 4.79 Å². The van der Waals surface area contributed by atoms with Crippen LogP contribution in [-0.2, 0) is 19.1 Å². The lowest BCUT2D eigenvalue weighted by molar-refractivity contribution is -0.192. The van der Waals surface area contributed by atoms with Gasteiger partial charge in [-0.05, 0) is 68.7 Å². The first-order valence-electron chi connectivity index (χ1n) is 15.3. The molecule has 3 unspecified atom stereocenters. The monoisotopic (exact) mass is 530 g/mol. The van der Waals surface area contributed by atoms with Crippen molar-refractivity contribution in [2.24, 2.45) is 45.8 Å². The molecule has 11 atom stereocenters. The van der Waals surface area contributed by atoms with Crippen LogP contribution in [0.1, 0.15) is 92.4 Å². The Labute approximate surface area is 229 Å². The highest BCUT2D eigenvalue weighted by molar-refractivity contribution is 5.93. The summed E-state index contributed by atoms with van der Waals surface area (Å²) < 4.78 is 12.5. The number of carbonyl (C=O) groups excluding carboxylic acids is 3.